The molecule has 0 bridgehead atoms. The van der Waals surface area contributed by atoms with Gasteiger partial charge in [-0.15, -0.1) is 0 Å². The van der Waals surface area contributed by atoms with Gasteiger partial charge in [-0.05, 0) is 0 Å². The molecule has 0 amide bonds. The van der Waals surface area contributed by atoms with Crippen LogP contribution < -0.4 is 0 Å². The number of carbonyl (C=O) groups is 1. The van der Waals surface area contributed by atoms with E-state index in [-0.39, 0.29) is 5.97 Å². The van der Waals surface area contributed by atoms with Gasteiger partial charge in [-0.2, -0.15) is 0 Å². The molecule has 3 heteroatoms. The SMILES string of the molecule is C=CC(=O)OC[Si](C)(CCC)CCC. The van der Waals surface area contributed by atoms with Crippen molar-refractivity contribution in [2.75, 3.05) is 6.23 Å². The van der Waals surface area contributed by atoms with Gasteiger partial charge in [0.15, 0.2) is 0 Å². The van der Waals surface area contributed by atoms with Crippen LogP contribution in [0, 0.1) is 0 Å². The van der Waals surface area contributed by atoms with E-state index in [4.69, 9.17) is 4.74 Å². The fraction of sp³-hybridized carbons (Fsp3) is 0.727. The van der Waals surface area contributed by atoms with Crippen molar-refractivity contribution in [3.63, 3.8) is 0 Å². The Labute approximate surface area is 88.4 Å². The topological polar surface area (TPSA) is 26.3 Å². The zero-order valence-corrected chi connectivity index (χ0v) is 10.6. The fourth-order valence-corrected chi connectivity index (χ4v) is 5.22. The second-order valence-electron chi connectivity index (χ2n) is 4.12. The van der Waals surface area contributed by atoms with Crippen LogP contribution in [-0.2, 0) is 9.53 Å². The predicted octanol–water partition coefficient (Wildman–Crippen LogP) is 3.15. The van der Waals surface area contributed by atoms with E-state index in [1.54, 1.807) is 0 Å². The molecule has 14 heavy (non-hydrogen) atoms. The lowest BCUT2D eigenvalue weighted by Gasteiger charge is -2.25. The van der Waals surface area contributed by atoms with Crippen LogP contribution in [0.1, 0.15) is 26.7 Å². The number of carbonyl (C=O) groups excluding carboxylic acids is 1. The molecule has 0 aliphatic carbocycles. The third-order valence-electron chi connectivity index (χ3n) is 2.44. The fourth-order valence-electron chi connectivity index (χ4n) is 1.78. The average molecular weight is 214 g/mol. The van der Waals surface area contributed by atoms with E-state index in [2.05, 4.69) is 27.0 Å². The Hall–Kier alpha value is -0.573. The number of hydrogen-bond acceptors (Lipinski definition) is 2. The second kappa shape index (κ2) is 6.82. The lowest BCUT2D eigenvalue weighted by Crippen LogP contribution is -2.37. The van der Waals surface area contributed by atoms with Crippen LogP contribution in [0.3, 0.4) is 0 Å². The van der Waals surface area contributed by atoms with Crippen molar-refractivity contribution >= 4 is 14.0 Å². The Bertz CT molecular complexity index is 184. The molecule has 0 radical (unpaired) electrons. The van der Waals surface area contributed by atoms with Crippen LogP contribution in [0.25, 0.3) is 0 Å². The second-order valence-corrected chi connectivity index (χ2v) is 9.03. The molecule has 0 aromatic rings. The van der Waals surface area contributed by atoms with Gasteiger partial charge in [0.05, 0.1) is 14.3 Å². The molecule has 82 valence electrons. The zero-order chi connectivity index (χ0) is 11.0. The van der Waals surface area contributed by atoms with Crippen molar-refractivity contribution in [3.8, 4) is 0 Å². The van der Waals surface area contributed by atoms with E-state index in [0.29, 0.717) is 6.23 Å². The lowest BCUT2D eigenvalue weighted by atomic mass is 10.6. The van der Waals surface area contributed by atoms with Gasteiger partial charge >= 0.3 is 5.97 Å². The van der Waals surface area contributed by atoms with Gasteiger partial charge in [-0.3, -0.25) is 0 Å². The Morgan fingerprint density at radius 2 is 1.86 bits per heavy atom. The van der Waals surface area contributed by atoms with Crippen molar-refractivity contribution in [1.82, 2.24) is 0 Å². The summed E-state index contributed by atoms with van der Waals surface area (Å²) in [5.74, 6) is -0.282. The summed E-state index contributed by atoms with van der Waals surface area (Å²) >= 11 is 0. The van der Waals surface area contributed by atoms with Gasteiger partial charge in [-0.1, -0.05) is 51.9 Å². The summed E-state index contributed by atoms with van der Waals surface area (Å²) in [5, 5.41) is 0. The summed E-state index contributed by atoms with van der Waals surface area (Å²) in [4.78, 5) is 10.9. The van der Waals surface area contributed by atoms with E-state index in [1.807, 2.05) is 0 Å². The van der Waals surface area contributed by atoms with Gasteiger partial charge in [0.25, 0.3) is 0 Å². The molecule has 0 rings (SSSR count). The molecule has 0 N–H and O–H groups in total. The zero-order valence-electron chi connectivity index (χ0n) is 9.64. The first-order valence-electron chi connectivity index (χ1n) is 5.37. The molecule has 0 aromatic heterocycles. The normalized spacial score (nSPS) is 11.1. The van der Waals surface area contributed by atoms with Crippen molar-refractivity contribution in [1.29, 1.82) is 0 Å². The lowest BCUT2D eigenvalue weighted by molar-refractivity contribution is -0.136. The largest absolute Gasteiger partial charge is 0.466 e. The summed E-state index contributed by atoms with van der Waals surface area (Å²) in [6.07, 6.45) is 4.27. The quantitative estimate of drug-likeness (QED) is 0.370. The first-order chi connectivity index (χ1) is 6.58. The molecule has 2 nitrogen and oxygen atoms in total. The van der Waals surface area contributed by atoms with Crippen LogP contribution in [0.4, 0.5) is 0 Å². The van der Waals surface area contributed by atoms with Crippen LogP contribution in [-0.4, -0.2) is 20.3 Å². The molecule has 0 heterocycles. The number of hydrogen-bond donors (Lipinski definition) is 0. The van der Waals surface area contributed by atoms with E-state index in [9.17, 15) is 4.79 Å². The van der Waals surface area contributed by atoms with Gasteiger partial charge in [0.2, 0.25) is 0 Å². The van der Waals surface area contributed by atoms with Crippen LogP contribution in [0.5, 0.6) is 0 Å². The maximum Gasteiger partial charge on any atom is 0.329 e. The van der Waals surface area contributed by atoms with Gasteiger partial charge in [0.1, 0.15) is 0 Å². The Morgan fingerprint density at radius 3 is 2.21 bits per heavy atom. The monoisotopic (exact) mass is 214 g/mol. The van der Waals surface area contributed by atoms with Gasteiger partial charge < -0.3 is 4.74 Å². The van der Waals surface area contributed by atoms with Gasteiger partial charge in [0, 0.05) is 6.08 Å². The molecule has 0 spiro atoms. The van der Waals surface area contributed by atoms with E-state index >= 15 is 0 Å². The molecule has 0 fully saturated rings. The van der Waals surface area contributed by atoms with Crippen LogP contribution in [0.2, 0.25) is 18.6 Å². The average Bonchev–Trinajstić information content (AvgIpc) is 2.15. The Balaban J connectivity index is 4.07. The van der Waals surface area contributed by atoms with Crippen LogP contribution >= 0.6 is 0 Å². The third kappa shape index (κ3) is 5.22. The summed E-state index contributed by atoms with van der Waals surface area (Å²) in [6.45, 7) is 10.1. The minimum atomic E-state index is -1.32. The summed E-state index contributed by atoms with van der Waals surface area (Å²) in [6, 6.07) is 2.48. The Morgan fingerprint density at radius 1 is 1.36 bits per heavy atom. The molecular formula is C11H22O2Si. The highest BCUT2D eigenvalue weighted by Gasteiger charge is 2.26. The summed E-state index contributed by atoms with van der Waals surface area (Å²) < 4.78 is 5.17. The minimum Gasteiger partial charge on any atom is -0.466 e. The maximum atomic E-state index is 10.9. The number of esters is 1. The highest BCUT2D eigenvalue weighted by Crippen LogP contribution is 2.19. The maximum absolute atomic E-state index is 10.9. The van der Waals surface area contributed by atoms with E-state index < -0.39 is 8.07 Å². The van der Waals surface area contributed by atoms with Crippen LogP contribution in [0.15, 0.2) is 12.7 Å². The van der Waals surface area contributed by atoms with Crippen molar-refractivity contribution < 1.29 is 9.53 Å². The standard InChI is InChI=1S/C11H22O2Si/c1-5-8-14(4,9-6-2)10-13-11(12)7-3/h7H,3,5-6,8-10H2,1-2,4H3. The smallest absolute Gasteiger partial charge is 0.329 e. The molecule has 0 saturated heterocycles. The predicted molar refractivity (Wildman–Crippen MR) is 63.0 cm³/mol. The molecule has 0 atom stereocenters. The number of ether oxygens (including phenoxy) is 1. The van der Waals surface area contributed by atoms with E-state index in [1.165, 1.54) is 31.0 Å². The van der Waals surface area contributed by atoms with Crippen molar-refractivity contribution in [3.05, 3.63) is 12.7 Å². The molecule has 0 aromatic carbocycles. The first-order valence-corrected chi connectivity index (χ1v) is 8.49. The van der Waals surface area contributed by atoms with Crippen molar-refractivity contribution in [2.24, 2.45) is 0 Å². The minimum absolute atomic E-state index is 0.282. The third-order valence-corrected chi connectivity index (χ3v) is 6.69. The van der Waals surface area contributed by atoms with E-state index in [0.717, 1.165) is 0 Å². The highest BCUT2D eigenvalue weighted by atomic mass is 28.3. The molecule has 0 saturated carbocycles. The molecule has 0 aliphatic rings. The molecule has 0 unspecified atom stereocenters. The van der Waals surface area contributed by atoms with Gasteiger partial charge in [-0.25, -0.2) is 4.79 Å². The number of rotatable bonds is 7. The summed E-state index contributed by atoms with van der Waals surface area (Å²) in [5.41, 5.74) is 0. The summed E-state index contributed by atoms with van der Waals surface area (Å²) in [7, 11) is -1.32. The first kappa shape index (κ1) is 13.4. The Kier molecular flexibility index (Phi) is 6.54. The molecule has 0 aliphatic heterocycles. The van der Waals surface area contributed by atoms with Crippen molar-refractivity contribution in [2.45, 2.75) is 45.3 Å². The molecular weight excluding hydrogens is 192 g/mol. The highest BCUT2D eigenvalue weighted by molar-refractivity contribution is 6.78.